The highest BCUT2D eigenvalue weighted by atomic mass is 32.1. The zero-order valence-electron chi connectivity index (χ0n) is 13.0. The van der Waals surface area contributed by atoms with Crippen LogP contribution in [0.5, 0.6) is 0 Å². The molecule has 0 aliphatic rings. The van der Waals surface area contributed by atoms with Gasteiger partial charge in [0.2, 0.25) is 5.91 Å². The van der Waals surface area contributed by atoms with Gasteiger partial charge in [-0.2, -0.15) is 0 Å². The lowest BCUT2D eigenvalue weighted by Gasteiger charge is -2.18. The van der Waals surface area contributed by atoms with E-state index in [2.05, 4.69) is 11.6 Å². The number of hydrogen-bond acceptors (Lipinski definition) is 3. The molecular weight excluding hydrogens is 304 g/mol. The van der Waals surface area contributed by atoms with E-state index in [1.165, 1.54) is 16.9 Å². The van der Waals surface area contributed by atoms with E-state index in [1.807, 2.05) is 55.5 Å². The molecule has 0 atom stereocenters. The number of amides is 1. The molecule has 2 aromatic carbocycles. The number of aryl methyl sites for hydroxylation is 1. The van der Waals surface area contributed by atoms with Crippen LogP contribution in [0.4, 0.5) is 5.13 Å². The molecule has 0 unspecified atom stereocenters. The summed E-state index contributed by atoms with van der Waals surface area (Å²) in [5, 5.41) is 0.725. The molecule has 0 fully saturated rings. The van der Waals surface area contributed by atoms with Crippen molar-refractivity contribution in [1.29, 1.82) is 0 Å². The summed E-state index contributed by atoms with van der Waals surface area (Å²) in [6.07, 6.45) is 2.10. The largest absolute Gasteiger partial charge is 0.284 e. The molecule has 0 aliphatic heterocycles. The van der Waals surface area contributed by atoms with E-state index in [-0.39, 0.29) is 5.91 Å². The average molecular weight is 322 g/mol. The molecular formula is C19H18N2OS. The summed E-state index contributed by atoms with van der Waals surface area (Å²) < 4.78 is 1.08. The van der Waals surface area contributed by atoms with Crippen LogP contribution in [-0.2, 0) is 11.2 Å². The molecule has 0 bridgehead atoms. The van der Waals surface area contributed by atoms with E-state index < -0.39 is 0 Å². The maximum absolute atomic E-state index is 12.7. The Kier molecular flexibility index (Phi) is 4.53. The number of rotatable bonds is 5. The predicted octanol–water partition coefficient (Wildman–Crippen LogP) is 4.37. The Morgan fingerprint density at radius 1 is 1.22 bits per heavy atom. The monoisotopic (exact) mass is 322 g/mol. The number of carbonyl (C=O) groups excluding carboxylic acids is 1. The van der Waals surface area contributed by atoms with Gasteiger partial charge in [0.05, 0.1) is 16.6 Å². The quantitative estimate of drug-likeness (QED) is 0.654. The fourth-order valence-electron chi connectivity index (χ4n) is 2.37. The minimum atomic E-state index is 0.0350. The smallest absolute Gasteiger partial charge is 0.233 e. The average Bonchev–Trinajstić information content (AvgIpc) is 2.98. The van der Waals surface area contributed by atoms with Gasteiger partial charge in [-0.3, -0.25) is 9.69 Å². The summed E-state index contributed by atoms with van der Waals surface area (Å²) in [5.41, 5.74) is 3.12. The number of thiazole rings is 1. The van der Waals surface area contributed by atoms with E-state index >= 15 is 0 Å². The maximum Gasteiger partial charge on any atom is 0.233 e. The lowest BCUT2D eigenvalue weighted by Crippen LogP contribution is -2.32. The molecule has 0 spiro atoms. The Morgan fingerprint density at radius 3 is 2.65 bits per heavy atom. The van der Waals surface area contributed by atoms with Gasteiger partial charge in [0.25, 0.3) is 0 Å². The van der Waals surface area contributed by atoms with Crippen LogP contribution >= 0.6 is 11.3 Å². The second kappa shape index (κ2) is 6.75. The Balaban J connectivity index is 1.86. The second-order valence-electron chi connectivity index (χ2n) is 5.42. The normalized spacial score (nSPS) is 10.7. The first kappa shape index (κ1) is 15.4. The molecule has 3 aromatic rings. The van der Waals surface area contributed by atoms with E-state index in [1.54, 1.807) is 11.0 Å². The molecule has 3 rings (SSSR count). The molecule has 0 N–H and O–H groups in total. The molecule has 1 aromatic heterocycles. The van der Waals surface area contributed by atoms with Gasteiger partial charge in [-0.1, -0.05) is 59.4 Å². The minimum Gasteiger partial charge on any atom is -0.284 e. The number of benzene rings is 2. The molecule has 23 heavy (non-hydrogen) atoms. The second-order valence-corrected chi connectivity index (χ2v) is 6.43. The number of carbonyl (C=O) groups is 1. The third-order valence-corrected chi connectivity index (χ3v) is 4.66. The fraction of sp³-hybridized carbons (Fsp3) is 0.158. The SMILES string of the molecule is C=CCN(C(=O)Cc1ccc(C)cc1)c1nc2ccccc2s1. The van der Waals surface area contributed by atoms with Crippen molar-refractivity contribution < 1.29 is 4.79 Å². The third-order valence-electron chi connectivity index (χ3n) is 3.60. The van der Waals surface area contributed by atoms with E-state index in [0.29, 0.717) is 13.0 Å². The lowest BCUT2D eigenvalue weighted by molar-refractivity contribution is -0.117. The van der Waals surface area contributed by atoms with Gasteiger partial charge in [0.1, 0.15) is 0 Å². The first-order valence-corrected chi connectivity index (χ1v) is 8.31. The Morgan fingerprint density at radius 2 is 1.96 bits per heavy atom. The number of aromatic nitrogens is 1. The van der Waals surface area contributed by atoms with Gasteiger partial charge >= 0.3 is 0 Å². The van der Waals surface area contributed by atoms with E-state index in [0.717, 1.165) is 20.9 Å². The van der Waals surface area contributed by atoms with Crippen LogP contribution in [0.1, 0.15) is 11.1 Å². The predicted molar refractivity (Wildman–Crippen MR) is 97.1 cm³/mol. The van der Waals surface area contributed by atoms with Gasteiger partial charge in [-0.25, -0.2) is 4.98 Å². The van der Waals surface area contributed by atoms with Gasteiger partial charge in [-0.15, -0.1) is 6.58 Å². The molecule has 3 nitrogen and oxygen atoms in total. The molecule has 0 radical (unpaired) electrons. The summed E-state index contributed by atoms with van der Waals surface area (Å²) in [5.74, 6) is 0.0350. The molecule has 1 amide bonds. The molecule has 116 valence electrons. The van der Waals surface area contributed by atoms with E-state index in [9.17, 15) is 4.79 Å². The number of para-hydroxylation sites is 1. The van der Waals surface area contributed by atoms with Crippen molar-refractivity contribution in [3.63, 3.8) is 0 Å². The van der Waals surface area contributed by atoms with Crippen molar-refractivity contribution in [3.8, 4) is 0 Å². The summed E-state index contributed by atoms with van der Waals surface area (Å²) in [6.45, 7) is 6.27. The highest BCUT2D eigenvalue weighted by Crippen LogP contribution is 2.29. The number of fused-ring (bicyclic) bond motifs is 1. The van der Waals surface area contributed by atoms with Crippen molar-refractivity contribution in [3.05, 3.63) is 72.3 Å². The van der Waals surface area contributed by atoms with Crippen LogP contribution in [0.3, 0.4) is 0 Å². The van der Waals surface area contributed by atoms with Crippen LogP contribution < -0.4 is 4.90 Å². The van der Waals surface area contributed by atoms with Crippen LogP contribution in [0.15, 0.2) is 61.2 Å². The Hall–Kier alpha value is -2.46. The van der Waals surface area contributed by atoms with Crippen molar-refractivity contribution in [2.75, 3.05) is 11.4 Å². The molecule has 0 saturated heterocycles. The van der Waals surface area contributed by atoms with Crippen LogP contribution in [0.25, 0.3) is 10.2 Å². The Bertz CT molecular complexity index is 803. The topological polar surface area (TPSA) is 33.2 Å². The number of nitrogens with zero attached hydrogens (tertiary/aromatic N) is 2. The number of anilines is 1. The maximum atomic E-state index is 12.7. The summed E-state index contributed by atoms with van der Waals surface area (Å²) >= 11 is 1.53. The van der Waals surface area contributed by atoms with Gasteiger partial charge < -0.3 is 0 Å². The van der Waals surface area contributed by atoms with Gasteiger partial charge in [-0.05, 0) is 24.6 Å². The molecule has 1 heterocycles. The van der Waals surface area contributed by atoms with Crippen molar-refractivity contribution in [1.82, 2.24) is 4.98 Å². The van der Waals surface area contributed by atoms with Crippen LogP contribution in [-0.4, -0.2) is 17.4 Å². The summed E-state index contributed by atoms with van der Waals surface area (Å²) in [7, 11) is 0. The first-order valence-electron chi connectivity index (χ1n) is 7.50. The van der Waals surface area contributed by atoms with Crippen molar-refractivity contribution in [2.45, 2.75) is 13.3 Å². The fourth-order valence-corrected chi connectivity index (χ4v) is 3.36. The Labute approximate surface area is 139 Å². The van der Waals surface area contributed by atoms with Crippen LogP contribution in [0.2, 0.25) is 0 Å². The molecule has 0 aliphatic carbocycles. The molecule has 0 saturated carbocycles. The van der Waals surface area contributed by atoms with E-state index in [4.69, 9.17) is 0 Å². The van der Waals surface area contributed by atoms with Crippen molar-refractivity contribution in [2.24, 2.45) is 0 Å². The van der Waals surface area contributed by atoms with Crippen LogP contribution in [0, 0.1) is 6.92 Å². The highest BCUT2D eigenvalue weighted by molar-refractivity contribution is 7.22. The summed E-state index contributed by atoms with van der Waals surface area (Å²) in [6, 6.07) is 16.0. The van der Waals surface area contributed by atoms with Gasteiger partial charge in [0, 0.05) is 6.54 Å². The minimum absolute atomic E-state index is 0.0350. The zero-order valence-corrected chi connectivity index (χ0v) is 13.8. The van der Waals surface area contributed by atoms with Gasteiger partial charge in [0.15, 0.2) is 5.13 Å². The highest BCUT2D eigenvalue weighted by Gasteiger charge is 2.18. The number of hydrogen-bond donors (Lipinski definition) is 0. The van der Waals surface area contributed by atoms with Crippen molar-refractivity contribution >= 4 is 32.6 Å². The first-order chi connectivity index (χ1) is 11.2. The zero-order chi connectivity index (χ0) is 16.2. The standard InChI is InChI=1S/C19H18N2OS/c1-3-12-21(18(22)13-15-10-8-14(2)9-11-15)19-20-16-6-4-5-7-17(16)23-19/h3-11H,1,12-13H2,2H3. The molecule has 4 heteroatoms. The summed E-state index contributed by atoms with van der Waals surface area (Å²) in [4.78, 5) is 19.0. The lowest BCUT2D eigenvalue weighted by atomic mass is 10.1. The third kappa shape index (κ3) is 3.48.